The largest absolute Gasteiger partial charge is 0.329 e. The summed E-state index contributed by atoms with van der Waals surface area (Å²) in [5, 5.41) is 0. The van der Waals surface area contributed by atoms with Gasteiger partial charge in [-0.05, 0) is 44.2 Å². The van der Waals surface area contributed by atoms with Gasteiger partial charge in [-0.15, -0.1) is 0 Å². The van der Waals surface area contributed by atoms with Crippen molar-refractivity contribution in [3.8, 4) is 0 Å². The molecule has 0 amide bonds. The molecule has 0 spiro atoms. The highest BCUT2D eigenvalue weighted by molar-refractivity contribution is 7.98. The van der Waals surface area contributed by atoms with Gasteiger partial charge in [0.25, 0.3) is 0 Å². The van der Waals surface area contributed by atoms with E-state index in [1.165, 1.54) is 18.6 Å². The van der Waals surface area contributed by atoms with Crippen molar-refractivity contribution in [2.45, 2.75) is 52.6 Å². The standard InChI is InChI=1S/C13H30N2S/c1-11(7-8-16-6)15(5)12(10-14)9-13(2,3)4/h11-12H,7-10,14H2,1-6H3. The molecule has 0 rings (SSSR count). The van der Waals surface area contributed by atoms with Gasteiger partial charge >= 0.3 is 0 Å². The average molecular weight is 246 g/mol. The Hall–Kier alpha value is 0.270. The van der Waals surface area contributed by atoms with Crippen molar-refractivity contribution >= 4 is 11.8 Å². The molecule has 98 valence electrons. The van der Waals surface area contributed by atoms with Crippen LogP contribution in [0.3, 0.4) is 0 Å². The third kappa shape index (κ3) is 6.77. The fourth-order valence-electron chi connectivity index (χ4n) is 1.95. The molecule has 0 heterocycles. The Morgan fingerprint density at radius 2 is 1.88 bits per heavy atom. The second-order valence-corrected chi connectivity index (χ2v) is 6.94. The summed E-state index contributed by atoms with van der Waals surface area (Å²) in [6.07, 6.45) is 4.59. The van der Waals surface area contributed by atoms with Crippen LogP contribution < -0.4 is 5.73 Å². The zero-order valence-electron chi connectivity index (χ0n) is 11.9. The van der Waals surface area contributed by atoms with Crippen molar-refractivity contribution in [1.29, 1.82) is 0 Å². The number of hydrogen-bond acceptors (Lipinski definition) is 3. The van der Waals surface area contributed by atoms with Crippen molar-refractivity contribution < 1.29 is 0 Å². The lowest BCUT2D eigenvalue weighted by molar-refractivity contribution is 0.141. The van der Waals surface area contributed by atoms with Gasteiger partial charge in [0.05, 0.1) is 0 Å². The first-order valence-electron chi connectivity index (χ1n) is 6.22. The minimum atomic E-state index is 0.359. The lowest BCUT2D eigenvalue weighted by Crippen LogP contribution is -2.45. The van der Waals surface area contributed by atoms with E-state index in [-0.39, 0.29) is 0 Å². The Labute approximate surface area is 106 Å². The zero-order valence-corrected chi connectivity index (χ0v) is 12.7. The van der Waals surface area contributed by atoms with E-state index in [0.29, 0.717) is 17.5 Å². The predicted molar refractivity (Wildman–Crippen MR) is 77.1 cm³/mol. The highest BCUT2D eigenvalue weighted by Gasteiger charge is 2.23. The highest BCUT2D eigenvalue weighted by atomic mass is 32.2. The smallest absolute Gasteiger partial charge is 0.0223 e. The van der Waals surface area contributed by atoms with Crippen LogP contribution in [0, 0.1) is 5.41 Å². The van der Waals surface area contributed by atoms with Gasteiger partial charge in [0.1, 0.15) is 0 Å². The molecule has 16 heavy (non-hydrogen) atoms. The number of hydrogen-bond donors (Lipinski definition) is 1. The van der Waals surface area contributed by atoms with Crippen molar-refractivity contribution in [2.24, 2.45) is 11.1 Å². The Morgan fingerprint density at radius 1 is 1.31 bits per heavy atom. The molecule has 2 N–H and O–H groups in total. The predicted octanol–water partition coefficient (Wildman–Crippen LogP) is 2.82. The molecule has 0 aromatic carbocycles. The van der Waals surface area contributed by atoms with Gasteiger partial charge < -0.3 is 5.73 Å². The van der Waals surface area contributed by atoms with Gasteiger partial charge in [-0.3, -0.25) is 4.90 Å². The summed E-state index contributed by atoms with van der Waals surface area (Å²) in [4.78, 5) is 2.46. The molecule has 0 aliphatic heterocycles. The van der Waals surface area contributed by atoms with E-state index < -0.39 is 0 Å². The first-order chi connectivity index (χ1) is 7.31. The molecule has 0 aliphatic carbocycles. The minimum Gasteiger partial charge on any atom is -0.329 e. The van der Waals surface area contributed by atoms with Crippen LogP contribution >= 0.6 is 11.8 Å². The monoisotopic (exact) mass is 246 g/mol. The van der Waals surface area contributed by atoms with Gasteiger partial charge in [-0.25, -0.2) is 0 Å². The maximum absolute atomic E-state index is 5.90. The first kappa shape index (κ1) is 16.3. The maximum atomic E-state index is 5.90. The van der Waals surface area contributed by atoms with Gasteiger partial charge in [0, 0.05) is 18.6 Å². The summed E-state index contributed by atoms with van der Waals surface area (Å²) in [6, 6.07) is 1.14. The molecule has 0 radical (unpaired) electrons. The van der Waals surface area contributed by atoms with E-state index >= 15 is 0 Å². The van der Waals surface area contributed by atoms with Gasteiger partial charge in [-0.1, -0.05) is 20.8 Å². The summed E-state index contributed by atoms with van der Waals surface area (Å²) in [5.74, 6) is 1.23. The molecule has 0 fully saturated rings. The SMILES string of the molecule is CSCCC(C)N(C)C(CN)CC(C)(C)C. The Balaban J connectivity index is 4.23. The Kier molecular flexibility index (Phi) is 7.70. The number of nitrogens with two attached hydrogens (primary N) is 1. The summed E-state index contributed by atoms with van der Waals surface area (Å²) in [7, 11) is 2.22. The normalized spacial score (nSPS) is 16.5. The van der Waals surface area contributed by atoms with E-state index in [9.17, 15) is 0 Å². The van der Waals surface area contributed by atoms with Crippen LogP contribution in [0.15, 0.2) is 0 Å². The molecular weight excluding hydrogens is 216 g/mol. The van der Waals surface area contributed by atoms with Gasteiger partial charge in [-0.2, -0.15) is 11.8 Å². The molecule has 0 saturated carbocycles. The van der Waals surface area contributed by atoms with Gasteiger partial charge in [0.15, 0.2) is 0 Å². The van der Waals surface area contributed by atoms with Crippen LogP contribution in [0.5, 0.6) is 0 Å². The van der Waals surface area contributed by atoms with Crippen LogP contribution in [0.2, 0.25) is 0 Å². The summed E-state index contributed by atoms with van der Waals surface area (Å²) < 4.78 is 0. The molecule has 0 bridgehead atoms. The lowest BCUT2D eigenvalue weighted by atomic mass is 9.87. The highest BCUT2D eigenvalue weighted by Crippen LogP contribution is 2.24. The summed E-state index contributed by atoms with van der Waals surface area (Å²) in [6.45, 7) is 9.93. The van der Waals surface area contributed by atoms with E-state index in [1.54, 1.807) is 0 Å². The fourth-order valence-corrected chi connectivity index (χ4v) is 2.53. The molecule has 2 nitrogen and oxygen atoms in total. The zero-order chi connectivity index (χ0) is 12.8. The lowest BCUT2D eigenvalue weighted by Gasteiger charge is -2.36. The summed E-state index contributed by atoms with van der Waals surface area (Å²) in [5.41, 5.74) is 6.26. The van der Waals surface area contributed by atoms with E-state index in [4.69, 9.17) is 5.73 Å². The number of thioether (sulfide) groups is 1. The second kappa shape index (κ2) is 7.57. The number of rotatable bonds is 7. The molecule has 0 saturated heterocycles. The topological polar surface area (TPSA) is 29.3 Å². The number of nitrogens with zero attached hydrogens (tertiary/aromatic N) is 1. The van der Waals surface area contributed by atoms with E-state index in [2.05, 4.69) is 45.9 Å². The van der Waals surface area contributed by atoms with Crippen molar-refractivity contribution in [1.82, 2.24) is 4.90 Å². The number of likely N-dealkylation sites (N-methyl/N-ethyl adjacent to an activating group) is 1. The molecule has 3 heteroatoms. The van der Waals surface area contributed by atoms with E-state index in [1.807, 2.05) is 11.8 Å². The van der Waals surface area contributed by atoms with E-state index in [0.717, 1.165) is 6.54 Å². The van der Waals surface area contributed by atoms with Crippen molar-refractivity contribution in [2.75, 3.05) is 25.6 Å². The van der Waals surface area contributed by atoms with Crippen molar-refractivity contribution in [3.63, 3.8) is 0 Å². The van der Waals surface area contributed by atoms with Gasteiger partial charge in [0.2, 0.25) is 0 Å². The van der Waals surface area contributed by atoms with Crippen LogP contribution in [0.1, 0.15) is 40.5 Å². The molecule has 0 aliphatic rings. The van der Waals surface area contributed by atoms with Crippen LogP contribution in [-0.2, 0) is 0 Å². The fraction of sp³-hybridized carbons (Fsp3) is 1.00. The average Bonchev–Trinajstić information content (AvgIpc) is 2.20. The molecule has 2 atom stereocenters. The third-order valence-corrected chi connectivity index (χ3v) is 3.77. The summed E-state index contributed by atoms with van der Waals surface area (Å²) >= 11 is 1.92. The molecule has 0 aromatic heterocycles. The molecular formula is C13H30N2S. The van der Waals surface area contributed by atoms with Crippen molar-refractivity contribution in [3.05, 3.63) is 0 Å². The van der Waals surface area contributed by atoms with Crippen LogP contribution in [0.4, 0.5) is 0 Å². The van der Waals surface area contributed by atoms with Crippen LogP contribution in [0.25, 0.3) is 0 Å². The molecule has 0 aromatic rings. The molecule has 2 unspecified atom stereocenters. The Morgan fingerprint density at radius 3 is 2.25 bits per heavy atom. The second-order valence-electron chi connectivity index (χ2n) is 5.95. The quantitative estimate of drug-likeness (QED) is 0.749. The third-order valence-electron chi connectivity index (χ3n) is 3.13. The maximum Gasteiger partial charge on any atom is 0.0223 e. The first-order valence-corrected chi connectivity index (χ1v) is 7.62. The minimum absolute atomic E-state index is 0.359. The Bertz CT molecular complexity index is 177. The van der Waals surface area contributed by atoms with Crippen LogP contribution in [-0.4, -0.2) is 42.6 Å².